The van der Waals surface area contributed by atoms with E-state index in [0.717, 1.165) is 30.3 Å². The molecule has 2 saturated heterocycles. The minimum atomic E-state index is -4.54. The first kappa shape index (κ1) is 26.6. The molecule has 0 aliphatic carbocycles. The van der Waals surface area contributed by atoms with E-state index in [-0.39, 0.29) is 36.0 Å². The van der Waals surface area contributed by atoms with Gasteiger partial charge in [-0.3, -0.25) is 9.58 Å². The van der Waals surface area contributed by atoms with E-state index in [2.05, 4.69) is 4.90 Å². The molecule has 1 aromatic heterocycles. The highest BCUT2D eigenvalue weighted by Gasteiger charge is 2.41. The summed E-state index contributed by atoms with van der Waals surface area (Å²) in [5.74, 6) is 0.160. The fourth-order valence-corrected chi connectivity index (χ4v) is 6.23. The summed E-state index contributed by atoms with van der Waals surface area (Å²) in [6.07, 6.45) is -1.34. The summed E-state index contributed by atoms with van der Waals surface area (Å²) in [6, 6.07) is 10.1. The van der Waals surface area contributed by atoms with Gasteiger partial charge in [-0.25, -0.2) is 9.18 Å². The fourth-order valence-electron chi connectivity index (χ4n) is 6.23. The Morgan fingerprint density at radius 3 is 2.40 bits per heavy atom. The molecule has 4 heterocycles. The molecule has 6 rings (SSSR count). The molecule has 0 spiro atoms. The summed E-state index contributed by atoms with van der Waals surface area (Å²) < 4.78 is 57.9. The highest BCUT2D eigenvalue weighted by molar-refractivity contribution is 5.94. The van der Waals surface area contributed by atoms with Gasteiger partial charge in [0.25, 0.3) is 0 Å². The Morgan fingerprint density at radius 1 is 1.00 bits per heavy atom. The maximum Gasteiger partial charge on any atom is 0.416 e. The molecule has 0 radical (unpaired) electrons. The number of likely N-dealkylation sites (tertiary alicyclic amines) is 1. The highest BCUT2D eigenvalue weighted by Crippen LogP contribution is 2.37. The van der Waals surface area contributed by atoms with Crippen LogP contribution >= 0.6 is 0 Å². The number of para-hydroxylation sites is 1. The van der Waals surface area contributed by atoms with E-state index in [4.69, 9.17) is 5.10 Å². The summed E-state index contributed by atoms with van der Waals surface area (Å²) in [6.45, 7) is 4.80. The van der Waals surface area contributed by atoms with E-state index in [1.54, 1.807) is 17.0 Å². The third-order valence-corrected chi connectivity index (χ3v) is 8.34. The lowest BCUT2D eigenvalue weighted by Gasteiger charge is -2.43. The number of aromatic nitrogens is 2. The SMILES string of the molecule is Cc1cccc(F)c1N1CCC(N2Cc3cn(C4CN(C)C4)nc3N(Cc3ccccc3C(F)(F)F)C2=O)CC1. The van der Waals surface area contributed by atoms with Crippen molar-refractivity contribution >= 4 is 17.5 Å². The lowest BCUT2D eigenvalue weighted by Crippen LogP contribution is -2.54. The minimum absolute atomic E-state index is 0.0268. The zero-order valence-corrected chi connectivity index (χ0v) is 22.5. The molecule has 2 fully saturated rings. The number of carbonyl (C=O) groups excluding carboxylic acids is 1. The number of urea groups is 1. The van der Waals surface area contributed by atoms with Crippen LogP contribution in [-0.4, -0.2) is 64.9 Å². The molecule has 2 aromatic carbocycles. The Balaban J connectivity index is 1.28. The van der Waals surface area contributed by atoms with Crippen molar-refractivity contribution in [3.05, 3.63) is 76.7 Å². The Labute approximate surface area is 230 Å². The molecule has 0 saturated carbocycles. The van der Waals surface area contributed by atoms with E-state index < -0.39 is 11.7 Å². The van der Waals surface area contributed by atoms with E-state index in [9.17, 15) is 22.4 Å². The van der Waals surface area contributed by atoms with Gasteiger partial charge >= 0.3 is 12.2 Å². The average Bonchev–Trinajstić information content (AvgIpc) is 3.32. The first-order valence-corrected chi connectivity index (χ1v) is 13.6. The molecule has 7 nitrogen and oxygen atoms in total. The van der Waals surface area contributed by atoms with Gasteiger partial charge in [-0.05, 0) is 50.1 Å². The highest BCUT2D eigenvalue weighted by atomic mass is 19.4. The number of fused-ring (bicyclic) bond motifs is 1. The van der Waals surface area contributed by atoms with Gasteiger partial charge in [0.15, 0.2) is 5.82 Å². The zero-order chi connectivity index (χ0) is 28.2. The second-order valence-corrected chi connectivity index (χ2v) is 11.1. The number of rotatable bonds is 5. The predicted octanol–water partition coefficient (Wildman–Crippen LogP) is 5.45. The third-order valence-electron chi connectivity index (χ3n) is 8.34. The van der Waals surface area contributed by atoms with Crippen molar-refractivity contribution < 1.29 is 22.4 Å². The van der Waals surface area contributed by atoms with Crippen molar-refractivity contribution in [3.63, 3.8) is 0 Å². The molecular formula is C29H32F4N6O. The Bertz CT molecular complexity index is 1390. The molecule has 0 bridgehead atoms. The molecule has 40 heavy (non-hydrogen) atoms. The monoisotopic (exact) mass is 556 g/mol. The number of anilines is 2. The maximum absolute atomic E-state index is 14.6. The minimum Gasteiger partial charge on any atom is -0.369 e. The molecule has 11 heteroatoms. The summed E-state index contributed by atoms with van der Waals surface area (Å²) in [7, 11) is 2.01. The van der Waals surface area contributed by atoms with Crippen molar-refractivity contribution in [2.75, 3.05) is 43.0 Å². The number of nitrogens with zero attached hydrogens (tertiary/aromatic N) is 6. The Kier molecular flexibility index (Phi) is 6.72. The number of amides is 2. The summed E-state index contributed by atoms with van der Waals surface area (Å²) in [4.78, 5) is 21.3. The predicted molar refractivity (Wildman–Crippen MR) is 144 cm³/mol. The number of aryl methyl sites for hydroxylation is 1. The van der Waals surface area contributed by atoms with Crippen LogP contribution in [0.2, 0.25) is 0 Å². The topological polar surface area (TPSA) is 47.9 Å². The van der Waals surface area contributed by atoms with Crippen molar-refractivity contribution in [3.8, 4) is 0 Å². The second kappa shape index (κ2) is 10.1. The van der Waals surface area contributed by atoms with Crippen LogP contribution in [0.1, 0.15) is 41.1 Å². The number of hydrogen-bond donors (Lipinski definition) is 0. The molecule has 0 atom stereocenters. The van der Waals surface area contributed by atoms with Crippen LogP contribution < -0.4 is 9.80 Å². The smallest absolute Gasteiger partial charge is 0.369 e. The number of carbonyl (C=O) groups is 1. The van der Waals surface area contributed by atoms with Gasteiger partial charge in [-0.2, -0.15) is 18.3 Å². The lowest BCUT2D eigenvalue weighted by molar-refractivity contribution is -0.138. The quantitative estimate of drug-likeness (QED) is 0.393. The fraction of sp³-hybridized carbons (Fsp3) is 0.448. The second-order valence-electron chi connectivity index (χ2n) is 11.1. The van der Waals surface area contributed by atoms with Crippen molar-refractivity contribution in [1.29, 1.82) is 0 Å². The van der Waals surface area contributed by atoms with Gasteiger partial charge in [-0.15, -0.1) is 0 Å². The lowest BCUT2D eigenvalue weighted by atomic mass is 10.00. The van der Waals surface area contributed by atoms with Gasteiger partial charge in [0.1, 0.15) is 5.82 Å². The number of alkyl halides is 3. The van der Waals surface area contributed by atoms with Gasteiger partial charge < -0.3 is 14.7 Å². The van der Waals surface area contributed by atoms with Crippen molar-refractivity contribution in [2.24, 2.45) is 0 Å². The first-order valence-electron chi connectivity index (χ1n) is 13.6. The van der Waals surface area contributed by atoms with Gasteiger partial charge in [-0.1, -0.05) is 30.3 Å². The molecular weight excluding hydrogens is 524 g/mol. The zero-order valence-electron chi connectivity index (χ0n) is 22.5. The number of halogens is 4. The van der Waals surface area contributed by atoms with E-state index in [0.29, 0.717) is 44.0 Å². The molecule has 0 N–H and O–H groups in total. The van der Waals surface area contributed by atoms with Crippen LogP contribution in [-0.2, 0) is 19.3 Å². The summed E-state index contributed by atoms with van der Waals surface area (Å²) >= 11 is 0. The number of likely N-dealkylation sites (N-methyl/N-ethyl adjacent to an activating group) is 1. The Morgan fingerprint density at radius 2 is 1.73 bits per heavy atom. The molecule has 0 unspecified atom stereocenters. The average molecular weight is 557 g/mol. The van der Waals surface area contributed by atoms with Crippen LogP contribution in [0.25, 0.3) is 0 Å². The van der Waals surface area contributed by atoms with Gasteiger partial charge in [0.2, 0.25) is 0 Å². The van der Waals surface area contributed by atoms with Crippen molar-refractivity contribution in [2.45, 2.75) is 51.1 Å². The van der Waals surface area contributed by atoms with E-state index >= 15 is 0 Å². The number of hydrogen-bond acceptors (Lipinski definition) is 4. The van der Waals surface area contributed by atoms with Crippen LogP contribution in [0.3, 0.4) is 0 Å². The number of benzene rings is 2. The molecule has 212 valence electrons. The molecule has 3 aliphatic heterocycles. The van der Waals surface area contributed by atoms with E-state index in [1.807, 2.05) is 35.8 Å². The Hall–Kier alpha value is -3.60. The van der Waals surface area contributed by atoms with Crippen LogP contribution in [0, 0.1) is 12.7 Å². The van der Waals surface area contributed by atoms with Gasteiger partial charge in [0.05, 0.1) is 30.4 Å². The van der Waals surface area contributed by atoms with Crippen LogP contribution in [0.4, 0.5) is 33.9 Å². The standard InChI is InChI=1S/C29H32F4N6O/c1-19-6-5-9-25(30)26(19)36-12-10-22(11-13-36)37-15-21-16-39(23-17-35(2)18-23)34-27(21)38(28(37)40)14-20-7-3-4-8-24(20)29(31,32)33/h3-9,16,22-23H,10-15,17-18H2,1-2H3. The first-order chi connectivity index (χ1) is 19.1. The normalized spacial score (nSPS) is 19.2. The third kappa shape index (κ3) is 4.80. The molecule has 3 aliphatic rings. The molecule has 3 aromatic rings. The largest absolute Gasteiger partial charge is 0.416 e. The molecule has 2 amide bonds. The van der Waals surface area contributed by atoms with Gasteiger partial charge in [0, 0.05) is 44.0 Å². The summed E-state index contributed by atoms with van der Waals surface area (Å²) in [5.41, 5.74) is 1.55. The maximum atomic E-state index is 14.6. The van der Waals surface area contributed by atoms with Crippen LogP contribution in [0.15, 0.2) is 48.7 Å². The van der Waals surface area contributed by atoms with Crippen molar-refractivity contribution in [1.82, 2.24) is 19.6 Å². The van der Waals surface area contributed by atoms with Crippen LogP contribution in [0.5, 0.6) is 0 Å². The summed E-state index contributed by atoms with van der Waals surface area (Å²) in [5, 5.41) is 4.72. The van der Waals surface area contributed by atoms with E-state index in [1.165, 1.54) is 23.1 Å². The number of piperidine rings is 1.